The van der Waals surface area contributed by atoms with Gasteiger partial charge in [0.2, 0.25) is 0 Å². The highest BCUT2D eigenvalue weighted by Crippen LogP contribution is 2.14. The molecule has 2 aromatic carbocycles. The fourth-order valence-electron chi connectivity index (χ4n) is 1.89. The van der Waals surface area contributed by atoms with Crippen molar-refractivity contribution in [1.82, 2.24) is 0 Å². The first kappa shape index (κ1) is 15.0. The number of rotatable bonds is 7. The molecular formula is C16H17NO4. The van der Waals surface area contributed by atoms with Gasteiger partial charge in [-0.15, -0.1) is 0 Å². The molecule has 2 rings (SSSR count). The number of hydrogen-bond donors (Lipinski definition) is 0. The summed E-state index contributed by atoms with van der Waals surface area (Å²) in [6, 6.07) is 14.3. The number of hydrogen-bond acceptors (Lipinski definition) is 4. The summed E-state index contributed by atoms with van der Waals surface area (Å²) in [6.45, 7) is 1.11. The molecule has 5 nitrogen and oxygen atoms in total. The van der Waals surface area contributed by atoms with Crippen LogP contribution in [0.25, 0.3) is 0 Å². The molecule has 0 aromatic heterocycles. The maximum atomic E-state index is 10.5. The predicted octanol–water partition coefficient (Wildman–Crippen LogP) is 3.36. The molecule has 0 unspecified atom stereocenters. The first-order valence-electron chi connectivity index (χ1n) is 6.63. The second-order valence-electron chi connectivity index (χ2n) is 4.57. The molecule has 2 aromatic rings. The van der Waals surface area contributed by atoms with Gasteiger partial charge in [-0.2, -0.15) is 0 Å². The largest absolute Gasteiger partial charge is 0.497 e. The Bertz CT molecular complexity index is 578. The van der Waals surface area contributed by atoms with Crippen LogP contribution in [-0.4, -0.2) is 18.6 Å². The number of nitro benzene ring substituents is 1. The van der Waals surface area contributed by atoms with E-state index in [9.17, 15) is 10.1 Å². The van der Waals surface area contributed by atoms with Crippen molar-refractivity contribution in [3.8, 4) is 5.75 Å². The average Bonchev–Trinajstić information content (AvgIpc) is 2.52. The van der Waals surface area contributed by atoms with Gasteiger partial charge < -0.3 is 9.47 Å². The van der Waals surface area contributed by atoms with Gasteiger partial charge in [0.05, 0.1) is 25.2 Å². The van der Waals surface area contributed by atoms with Gasteiger partial charge in [-0.1, -0.05) is 24.3 Å². The second-order valence-corrected chi connectivity index (χ2v) is 4.57. The summed E-state index contributed by atoms with van der Waals surface area (Å²) in [7, 11) is 1.63. The molecule has 0 spiro atoms. The number of non-ortho nitro benzene ring substituents is 1. The molecule has 21 heavy (non-hydrogen) atoms. The van der Waals surface area contributed by atoms with E-state index in [0.29, 0.717) is 13.2 Å². The van der Waals surface area contributed by atoms with Crippen molar-refractivity contribution < 1.29 is 14.4 Å². The smallest absolute Gasteiger partial charge is 0.269 e. The summed E-state index contributed by atoms with van der Waals surface area (Å²) in [5.41, 5.74) is 2.22. The zero-order chi connectivity index (χ0) is 15.1. The van der Waals surface area contributed by atoms with Crippen molar-refractivity contribution in [2.45, 2.75) is 13.0 Å². The topological polar surface area (TPSA) is 61.6 Å². The zero-order valence-corrected chi connectivity index (χ0v) is 11.8. The second kappa shape index (κ2) is 7.40. The van der Waals surface area contributed by atoms with Gasteiger partial charge in [0.15, 0.2) is 0 Å². The third kappa shape index (κ3) is 4.57. The van der Waals surface area contributed by atoms with Crippen molar-refractivity contribution in [2.24, 2.45) is 0 Å². The van der Waals surface area contributed by atoms with Crippen LogP contribution >= 0.6 is 0 Å². The molecule has 0 aliphatic rings. The van der Waals surface area contributed by atoms with Gasteiger partial charge in [0.1, 0.15) is 5.75 Å². The summed E-state index contributed by atoms with van der Waals surface area (Å²) in [4.78, 5) is 10.1. The van der Waals surface area contributed by atoms with Crippen molar-refractivity contribution in [2.75, 3.05) is 13.7 Å². The Hall–Kier alpha value is -2.40. The van der Waals surface area contributed by atoms with Gasteiger partial charge in [0, 0.05) is 12.1 Å². The molecule has 0 saturated carbocycles. The van der Waals surface area contributed by atoms with E-state index in [0.717, 1.165) is 23.3 Å². The van der Waals surface area contributed by atoms with E-state index >= 15 is 0 Å². The molecular weight excluding hydrogens is 270 g/mol. The first-order chi connectivity index (χ1) is 10.2. The molecule has 0 aliphatic carbocycles. The van der Waals surface area contributed by atoms with E-state index in [1.165, 1.54) is 12.1 Å². The predicted molar refractivity (Wildman–Crippen MR) is 79.5 cm³/mol. The number of ether oxygens (including phenoxy) is 2. The quantitative estimate of drug-likeness (QED) is 0.445. The van der Waals surface area contributed by atoms with Crippen molar-refractivity contribution in [3.05, 3.63) is 69.8 Å². The lowest BCUT2D eigenvalue weighted by atomic mass is 10.1. The van der Waals surface area contributed by atoms with Gasteiger partial charge in [-0.05, 0) is 29.7 Å². The molecule has 0 aliphatic heterocycles. The van der Waals surface area contributed by atoms with E-state index in [1.54, 1.807) is 19.2 Å². The Morgan fingerprint density at radius 1 is 1.00 bits per heavy atom. The fourth-order valence-corrected chi connectivity index (χ4v) is 1.89. The van der Waals surface area contributed by atoms with Crippen LogP contribution in [0.3, 0.4) is 0 Å². The maximum Gasteiger partial charge on any atom is 0.269 e. The normalized spacial score (nSPS) is 10.3. The van der Waals surface area contributed by atoms with Crippen LogP contribution < -0.4 is 4.74 Å². The van der Waals surface area contributed by atoms with Crippen LogP contribution in [0.1, 0.15) is 11.1 Å². The van der Waals surface area contributed by atoms with E-state index in [1.807, 2.05) is 24.3 Å². The maximum absolute atomic E-state index is 10.5. The van der Waals surface area contributed by atoms with Crippen LogP contribution in [0.4, 0.5) is 5.69 Å². The lowest BCUT2D eigenvalue weighted by Gasteiger charge is -2.06. The third-order valence-corrected chi connectivity index (χ3v) is 3.11. The van der Waals surface area contributed by atoms with Crippen LogP contribution in [0, 0.1) is 10.1 Å². The summed E-state index contributed by atoms with van der Waals surface area (Å²) < 4.78 is 10.7. The standard InChI is InChI=1S/C16H17NO4/c1-20-16-8-4-14(5-9-16)12-21-11-10-13-2-6-15(7-3-13)17(18)19/h2-9H,10-12H2,1H3. The molecule has 0 bridgehead atoms. The summed E-state index contributed by atoms with van der Waals surface area (Å²) in [6.07, 6.45) is 0.730. The molecule has 0 amide bonds. The lowest BCUT2D eigenvalue weighted by molar-refractivity contribution is -0.384. The minimum atomic E-state index is -0.399. The van der Waals surface area contributed by atoms with E-state index in [4.69, 9.17) is 9.47 Å². The Morgan fingerprint density at radius 2 is 1.62 bits per heavy atom. The summed E-state index contributed by atoms with van der Waals surface area (Å²) >= 11 is 0. The SMILES string of the molecule is COc1ccc(COCCc2ccc([N+](=O)[O-])cc2)cc1. The molecule has 0 N–H and O–H groups in total. The van der Waals surface area contributed by atoms with Crippen LogP contribution in [-0.2, 0) is 17.8 Å². The Balaban J connectivity index is 1.74. The molecule has 0 saturated heterocycles. The highest BCUT2D eigenvalue weighted by atomic mass is 16.6. The highest BCUT2D eigenvalue weighted by molar-refractivity contribution is 5.32. The minimum Gasteiger partial charge on any atom is -0.497 e. The number of nitrogens with zero attached hydrogens (tertiary/aromatic N) is 1. The van der Waals surface area contributed by atoms with Crippen molar-refractivity contribution >= 4 is 5.69 Å². The summed E-state index contributed by atoms with van der Waals surface area (Å²) in [5, 5.41) is 10.5. The first-order valence-corrected chi connectivity index (χ1v) is 6.63. The van der Waals surface area contributed by atoms with Gasteiger partial charge in [-0.3, -0.25) is 10.1 Å². The van der Waals surface area contributed by atoms with Gasteiger partial charge in [0.25, 0.3) is 5.69 Å². The van der Waals surface area contributed by atoms with Crippen LogP contribution in [0.15, 0.2) is 48.5 Å². The van der Waals surface area contributed by atoms with E-state index < -0.39 is 4.92 Å². The summed E-state index contributed by atoms with van der Waals surface area (Å²) in [5.74, 6) is 0.824. The molecule has 0 heterocycles. The van der Waals surface area contributed by atoms with Crippen molar-refractivity contribution in [1.29, 1.82) is 0 Å². The van der Waals surface area contributed by atoms with Crippen molar-refractivity contribution in [3.63, 3.8) is 0 Å². The number of nitro groups is 1. The number of methoxy groups -OCH3 is 1. The van der Waals surface area contributed by atoms with Gasteiger partial charge in [-0.25, -0.2) is 0 Å². The van der Waals surface area contributed by atoms with E-state index in [2.05, 4.69) is 0 Å². The Kier molecular flexibility index (Phi) is 5.29. The van der Waals surface area contributed by atoms with Crippen LogP contribution in [0.2, 0.25) is 0 Å². The highest BCUT2D eigenvalue weighted by Gasteiger charge is 2.03. The fraction of sp³-hybridized carbons (Fsp3) is 0.250. The molecule has 0 fully saturated rings. The number of benzene rings is 2. The third-order valence-electron chi connectivity index (χ3n) is 3.11. The minimum absolute atomic E-state index is 0.109. The van der Waals surface area contributed by atoms with Crippen LogP contribution in [0.5, 0.6) is 5.75 Å². The average molecular weight is 287 g/mol. The molecule has 0 atom stereocenters. The van der Waals surface area contributed by atoms with Gasteiger partial charge >= 0.3 is 0 Å². The lowest BCUT2D eigenvalue weighted by Crippen LogP contribution is -1.99. The molecule has 0 radical (unpaired) electrons. The van der Waals surface area contributed by atoms with E-state index in [-0.39, 0.29) is 5.69 Å². The monoisotopic (exact) mass is 287 g/mol. The molecule has 5 heteroatoms. The zero-order valence-electron chi connectivity index (χ0n) is 11.8. The Labute approximate surface area is 123 Å². The Morgan fingerprint density at radius 3 is 2.19 bits per heavy atom. The molecule has 110 valence electrons.